The molecule has 0 aliphatic carbocycles. The number of carboxylic acids is 1. The number of ether oxygens (including phenoxy) is 1. The first kappa shape index (κ1) is 20.8. The van der Waals surface area contributed by atoms with Crippen LogP contribution >= 0.6 is 0 Å². The molecular weight excluding hydrogens is 388 g/mol. The zero-order valence-electron chi connectivity index (χ0n) is 16.4. The molecule has 0 aromatic heterocycles. The van der Waals surface area contributed by atoms with Gasteiger partial charge in [0.2, 0.25) is 0 Å². The Balaban J connectivity index is 1.85. The van der Waals surface area contributed by atoms with E-state index < -0.39 is 29.9 Å². The minimum absolute atomic E-state index is 0.193. The molecule has 0 unspecified atom stereocenters. The van der Waals surface area contributed by atoms with Gasteiger partial charge in [-0.2, -0.15) is 0 Å². The summed E-state index contributed by atoms with van der Waals surface area (Å²) in [4.78, 5) is 49.2. The van der Waals surface area contributed by atoms with Crippen molar-refractivity contribution in [1.29, 1.82) is 0 Å². The molecule has 1 heterocycles. The second kappa shape index (κ2) is 8.60. The van der Waals surface area contributed by atoms with E-state index in [1.165, 1.54) is 25.1 Å². The van der Waals surface area contributed by atoms with Crippen LogP contribution in [0.3, 0.4) is 0 Å². The smallest absolute Gasteiger partial charge is 0.344 e. The van der Waals surface area contributed by atoms with Gasteiger partial charge in [-0.05, 0) is 54.8 Å². The molecule has 2 N–H and O–H groups in total. The number of urea groups is 1. The number of barbiturate groups is 1. The number of anilines is 1. The fourth-order valence-corrected chi connectivity index (χ4v) is 2.84. The fraction of sp³-hybridized carbons (Fsp3) is 0.182. The zero-order chi connectivity index (χ0) is 21.8. The van der Waals surface area contributed by atoms with Crippen LogP contribution < -0.4 is 15.0 Å². The summed E-state index contributed by atoms with van der Waals surface area (Å²) < 4.78 is 5.25. The van der Waals surface area contributed by atoms with Crippen LogP contribution in [-0.4, -0.2) is 35.0 Å². The Morgan fingerprint density at radius 1 is 1.10 bits per heavy atom. The second-order valence-corrected chi connectivity index (χ2v) is 6.65. The molecule has 0 saturated carbocycles. The molecule has 2 aromatic rings. The average molecular weight is 408 g/mol. The highest BCUT2D eigenvalue weighted by Crippen LogP contribution is 2.23. The van der Waals surface area contributed by atoms with Gasteiger partial charge in [0.15, 0.2) is 6.10 Å². The van der Waals surface area contributed by atoms with Crippen molar-refractivity contribution in [2.24, 2.45) is 0 Å². The third kappa shape index (κ3) is 4.38. The lowest BCUT2D eigenvalue weighted by atomic mass is 10.1. The fourth-order valence-electron chi connectivity index (χ4n) is 2.84. The van der Waals surface area contributed by atoms with Gasteiger partial charge in [-0.3, -0.25) is 14.9 Å². The van der Waals surface area contributed by atoms with Crippen LogP contribution in [0.2, 0.25) is 0 Å². The molecule has 0 spiro atoms. The third-order valence-corrected chi connectivity index (χ3v) is 4.56. The van der Waals surface area contributed by atoms with E-state index in [-0.39, 0.29) is 5.57 Å². The van der Waals surface area contributed by atoms with Gasteiger partial charge >= 0.3 is 12.0 Å². The van der Waals surface area contributed by atoms with Crippen LogP contribution in [0.25, 0.3) is 6.08 Å². The largest absolute Gasteiger partial charge is 0.479 e. The summed E-state index contributed by atoms with van der Waals surface area (Å²) in [5.74, 6) is -2.28. The molecule has 0 bridgehead atoms. The number of carbonyl (C=O) groups is 4. The summed E-state index contributed by atoms with van der Waals surface area (Å²) in [7, 11) is 0. The molecular formula is C22H20N2O6. The molecule has 2 aromatic carbocycles. The maximum Gasteiger partial charge on any atom is 0.344 e. The first-order valence-corrected chi connectivity index (χ1v) is 9.30. The summed E-state index contributed by atoms with van der Waals surface area (Å²) in [6, 6.07) is 12.3. The summed E-state index contributed by atoms with van der Waals surface area (Å²) in [5, 5.41) is 11.1. The Bertz CT molecular complexity index is 1020. The Hall–Kier alpha value is -3.94. The van der Waals surface area contributed by atoms with Crippen molar-refractivity contribution in [3.05, 3.63) is 65.2 Å². The highest BCUT2D eigenvalue weighted by atomic mass is 16.5. The number of carbonyl (C=O) groups excluding carboxylic acids is 3. The van der Waals surface area contributed by atoms with Gasteiger partial charge in [0.25, 0.3) is 11.8 Å². The molecule has 8 heteroatoms. The molecule has 4 amide bonds. The van der Waals surface area contributed by atoms with E-state index in [4.69, 9.17) is 9.84 Å². The summed E-state index contributed by atoms with van der Waals surface area (Å²) >= 11 is 0. The summed E-state index contributed by atoms with van der Waals surface area (Å²) in [6.07, 6.45) is 1.16. The van der Waals surface area contributed by atoms with E-state index in [2.05, 4.69) is 5.32 Å². The van der Waals surface area contributed by atoms with Crippen LogP contribution in [0.5, 0.6) is 5.75 Å². The Kier molecular flexibility index (Phi) is 5.96. The Morgan fingerprint density at radius 3 is 2.30 bits per heavy atom. The number of hydrogen-bond acceptors (Lipinski definition) is 5. The first-order chi connectivity index (χ1) is 14.3. The maximum atomic E-state index is 12.9. The highest BCUT2D eigenvalue weighted by Gasteiger charge is 2.36. The second-order valence-electron chi connectivity index (χ2n) is 6.65. The van der Waals surface area contributed by atoms with E-state index in [1.807, 2.05) is 19.1 Å². The van der Waals surface area contributed by atoms with Crippen molar-refractivity contribution < 1.29 is 29.0 Å². The first-order valence-electron chi connectivity index (χ1n) is 9.30. The van der Waals surface area contributed by atoms with Crippen molar-refractivity contribution in [1.82, 2.24) is 5.32 Å². The van der Waals surface area contributed by atoms with Gasteiger partial charge in [-0.15, -0.1) is 0 Å². The van der Waals surface area contributed by atoms with Crippen LogP contribution in [0.15, 0.2) is 54.1 Å². The molecule has 0 radical (unpaired) electrons. The van der Waals surface area contributed by atoms with E-state index in [1.54, 1.807) is 24.3 Å². The number of rotatable bonds is 6. The van der Waals surface area contributed by atoms with Crippen molar-refractivity contribution >= 4 is 35.6 Å². The Morgan fingerprint density at radius 2 is 1.73 bits per heavy atom. The summed E-state index contributed by atoms with van der Waals surface area (Å²) in [6.45, 7) is 3.40. The van der Waals surface area contributed by atoms with Gasteiger partial charge in [0, 0.05) is 0 Å². The van der Waals surface area contributed by atoms with Crippen LogP contribution in [0.4, 0.5) is 10.5 Å². The molecule has 1 saturated heterocycles. The SMILES string of the molecule is CCc1ccc(N2C(=O)NC(=O)/C(=C\c3ccc(O[C@H](C)C(=O)O)cc3)C2=O)cc1. The standard InChI is InChI=1S/C22H20N2O6/c1-3-14-4-8-16(9-5-14)24-20(26)18(19(25)23-22(24)29)12-15-6-10-17(11-7-15)30-13(2)21(27)28/h4-13H,3H2,1-2H3,(H,27,28)(H,23,25,29)/b18-12+/t13-/m1/s1. The number of aryl methyl sites for hydroxylation is 1. The number of nitrogens with zero attached hydrogens (tertiary/aromatic N) is 1. The predicted octanol–water partition coefficient (Wildman–Crippen LogP) is 2.77. The normalized spacial score (nSPS) is 16.4. The van der Waals surface area contributed by atoms with Crippen molar-refractivity contribution in [2.45, 2.75) is 26.4 Å². The zero-order valence-corrected chi connectivity index (χ0v) is 16.4. The minimum Gasteiger partial charge on any atom is -0.479 e. The van der Waals surface area contributed by atoms with Crippen LogP contribution in [0, 0.1) is 0 Å². The molecule has 1 aliphatic rings. The monoisotopic (exact) mass is 408 g/mol. The van der Waals surface area contributed by atoms with Gasteiger partial charge in [0.05, 0.1) is 5.69 Å². The average Bonchev–Trinajstić information content (AvgIpc) is 2.72. The van der Waals surface area contributed by atoms with Crippen LogP contribution in [-0.2, 0) is 20.8 Å². The van der Waals surface area contributed by atoms with Gasteiger partial charge < -0.3 is 9.84 Å². The van der Waals surface area contributed by atoms with E-state index >= 15 is 0 Å². The number of hydrogen-bond donors (Lipinski definition) is 2. The number of carboxylic acid groups (broad SMARTS) is 1. The van der Waals surface area contributed by atoms with E-state index in [0.717, 1.165) is 16.9 Å². The van der Waals surface area contributed by atoms with Gasteiger partial charge in [0.1, 0.15) is 11.3 Å². The highest BCUT2D eigenvalue weighted by molar-refractivity contribution is 6.39. The van der Waals surface area contributed by atoms with E-state index in [0.29, 0.717) is 17.0 Å². The molecule has 30 heavy (non-hydrogen) atoms. The topological polar surface area (TPSA) is 113 Å². The molecule has 1 fully saturated rings. The van der Waals surface area contributed by atoms with Crippen molar-refractivity contribution in [3.8, 4) is 5.75 Å². The molecule has 1 aliphatic heterocycles. The number of benzene rings is 2. The van der Waals surface area contributed by atoms with Crippen molar-refractivity contribution in [2.75, 3.05) is 4.90 Å². The number of amides is 4. The quantitative estimate of drug-likeness (QED) is 0.561. The number of nitrogens with one attached hydrogen (secondary N) is 1. The maximum absolute atomic E-state index is 12.9. The number of imide groups is 2. The number of aliphatic carboxylic acids is 1. The Labute approximate surface area is 172 Å². The molecule has 8 nitrogen and oxygen atoms in total. The van der Waals surface area contributed by atoms with Crippen molar-refractivity contribution in [3.63, 3.8) is 0 Å². The van der Waals surface area contributed by atoms with Gasteiger partial charge in [-0.1, -0.05) is 31.2 Å². The lowest BCUT2D eigenvalue weighted by Gasteiger charge is -2.26. The minimum atomic E-state index is -1.10. The van der Waals surface area contributed by atoms with Crippen LogP contribution in [0.1, 0.15) is 25.0 Å². The molecule has 1 atom stereocenters. The predicted molar refractivity (Wildman–Crippen MR) is 109 cm³/mol. The van der Waals surface area contributed by atoms with E-state index in [9.17, 15) is 19.2 Å². The summed E-state index contributed by atoms with van der Waals surface area (Å²) in [5.41, 5.74) is 1.73. The molecule has 3 rings (SSSR count). The third-order valence-electron chi connectivity index (χ3n) is 4.56. The molecule has 154 valence electrons. The van der Waals surface area contributed by atoms with Gasteiger partial charge in [-0.25, -0.2) is 14.5 Å². The lowest BCUT2D eigenvalue weighted by molar-refractivity contribution is -0.144. The lowest BCUT2D eigenvalue weighted by Crippen LogP contribution is -2.54.